The third-order valence-electron chi connectivity index (χ3n) is 5.44. The number of halogens is 3. The number of carbonyl (C=O) groups is 1. The van der Waals surface area contributed by atoms with Gasteiger partial charge in [0.2, 0.25) is 10.0 Å². The number of nitrogens with zero attached hydrogens (tertiary/aromatic N) is 5. The largest absolute Gasteiger partial charge is 0.573 e. The number of fused-ring (bicyclic) bond motifs is 1. The van der Waals surface area contributed by atoms with Crippen molar-refractivity contribution in [1.29, 1.82) is 0 Å². The molecule has 0 atom stereocenters. The van der Waals surface area contributed by atoms with Gasteiger partial charge in [-0.2, -0.15) is 4.31 Å². The molecular formula is C24H26F3N5O6S. The molecule has 2 aromatic heterocycles. The van der Waals surface area contributed by atoms with E-state index in [4.69, 9.17) is 9.57 Å². The van der Waals surface area contributed by atoms with Gasteiger partial charge in [0.25, 0.3) is 0 Å². The number of alkyl halides is 3. The minimum absolute atomic E-state index is 0.103. The summed E-state index contributed by atoms with van der Waals surface area (Å²) in [5.74, 6) is -0.275. The fraction of sp³-hybridized carbons (Fsp3) is 0.417. The Hall–Kier alpha value is -3.72. The van der Waals surface area contributed by atoms with Gasteiger partial charge in [-0.05, 0) is 57.2 Å². The summed E-state index contributed by atoms with van der Waals surface area (Å²) in [6, 6.07) is 7.41. The first-order valence-corrected chi connectivity index (χ1v) is 13.3. The number of hydrogen-bond donors (Lipinski definition) is 0. The van der Waals surface area contributed by atoms with E-state index in [0.717, 1.165) is 24.3 Å². The van der Waals surface area contributed by atoms with Gasteiger partial charge in [0.05, 0.1) is 10.6 Å². The Morgan fingerprint density at radius 2 is 1.74 bits per heavy atom. The SMILES string of the molecule is CC(C)(C)OC(=O)n1c(CON=C2CCN(S(=O)(=O)c3ccc(OC(F)(F)F)cc3)CC2)nc2cccnc21. The number of hydrogen-bond acceptors (Lipinski definition) is 9. The van der Waals surface area contributed by atoms with Crippen molar-refractivity contribution in [1.82, 2.24) is 18.8 Å². The van der Waals surface area contributed by atoms with Crippen LogP contribution in [0.25, 0.3) is 11.2 Å². The molecule has 0 saturated carbocycles. The number of aromatic nitrogens is 3. The summed E-state index contributed by atoms with van der Waals surface area (Å²) >= 11 is 0. The number of rotatable bonds is 6. The van der Waals surface area contributed by atoms with E-state index in [1.54, 1.807) is 32.9 Å². The van der Waals surface area contributed by atoms with Gasteiger partial charge in [-0.1, -0.05) is 5.16 Å². The molecule has 210 valence electrons. The molecule has 3 aromatic rings. The second kappa shape index (κ2) is 10.8. The molecule has 1 aromatic carbocycles. The summed E-state index contributed by atoms with van der Waals surface area (Å²) in [7, 11) is -3.93. The summed E-state index contributed by atoms with van der Waals surface area (Å²) in [5, 5.41) is 4.10. The quantitative estimate of drug-likeness (QED) is 0.398. The third kappa shape index (κ3) is 7.03. The van der Waals surface area contributed by atoms with Crippen LogP contribution in [0.5, 0.6) is 5.75 Å². The summed E-state index contributed by atoms with van der Waals surface area (Å²) in [6.07, 6.45) is -3.45. The molecular weight excluding hydrogens is 543 g/mol. The van der Waals surface area contributed by atoms with E-state index in [1.165, 1.54) is 15.1 Å². The van der Waals surface area contributed by atoms with Crippen LogP contribution in [0, 0.1) is 0 Å². The highest BCUT2D eigenvalue weighted by atomic mass is 32.2. The average Bonchev–Trinajstić information content (AvgIpc) is 3.21. The van der Waals surface area contributed by atoms with Crippen LogP contribution in [-0.4, -0.2) is 64.1 Å². The minimum atomic E-state index is -4.87. The maximum absolute atomic E-state index is 12.9. The molecule has 1 fully saturated rings. The van der Waals surface area contributed by atoms with Crippen LogP contribution in [0.1, 0.15) is 39.4 Å². The number of benzene rings is 1. The molecule has 0 unspecified atom stereocenters. The number of pyridine rings is 1. The molecule has 1 aliphatic rings. The molecule has 3 heterocycles. The van der Waals surface area contributed by atoms with Crippen LogP contribution in [0.4, 0.5) is 18.0 Å². The lowest BCUT2D eigenvalue weighted by atomic mass is 10.1. The number of ether oxygens (including phenoxy) is 2. The maximum Gasteiger partial charge on any atom is 0.573 e. The summed E-state index contributed by atoms with van der Waals surface area (Å²) in [6.45, 7) is 5.27. The van der Waals surface area contributed by atoms with E-state index in [1.807, 2.05) is 0 Å². The van der Waals surface area contributed by atoms with E-state index >= 15 is 0 Å². The highest BCUT2D eigenvalue weighted by Crippen LogP contribution is 2.26. The predicted molar refractivity (Wildman–Crippen MR) is 133 cm³/mol. The van der Waals surface area contributed by atoms with Crippen molar-refractivity contribution >= 4 is 33.0 Å². The number of imidazole rings is 1. The summed E-state index contributed by atoms with van der Waals surface area (Å²) in [4.78, 5) is 26.7. The molecule has 0 radical (unpaired) electrons. The molecule has 0 N–H and O–H groups in total. The van der Waals surface area contributed by atoms with Gasteiger partial charge in [-0.3, -0.25) is 0 Å². The Labute approximate surface area is 222 Å². The van der Waals surface area contributed by atoms with Crippen molar-refractivity contribution in [2.45, 2.75) is 57.1 Å². The van der Waals surface area contributed by atoms with Gasteiger partial charge in [-0.15, -0.1) is 13.2 Å². The number of oxime groups is 1. The van der Waals surface area contributed by atoms with Crippen LogP contribution in [0.3, 0.4) is 0 Å². The molecule has 0 bridgehead atoms. The van der Waals surface area contributed by atoms with Crippen molar-refractivity contribution in [3.63, 3.8) is 0 Å². The van der Waals surface area contributed by atoms with Crippen LogP contribution >= 0.6 is 0 Å². The molecule has 4 rings (SSSR count). The highest BCUT2D eigenvalue weighted by Gasteiger charge is 2.32. The highest BCUT2D eigenvalue weighted by molar-refractivity contribution is 7.89. The Balaban J connectivity index is 1.39. The van der Waals surface area contributed by atoms with E-state index in [-0.39, 0.29) is 43.3 Å². The van der Waals surface area contributed by atoms with Crippen molar-refractivity contribution in [2.24, 2.45) is 5.16 Å². The van der Waals surface area contributed by atoms with Crippen LogP contribution in [0.15, 0.2) is 52.6 Å². The molecule has 0 amide bonds. The Morgan fingerprint density at radius 1 is 1.08 bits per heavy atom. The standard InChI is InChI=1S/C24H26F3N5O6S/c1-23(2,3)38-22(33)32-20(29-19-5-4-12-28-21(19)32)15-36-30-16-10-13-31(14-11-16)39(34,35)18-8-6-17(7-9-18)37-24(25,26)27/h4-9,12H,10-11,13-15H2,1-3H3. The monoisotopic (exact) mass is 569 g/mol. The van der Waals surface area contributed by atoms with E-state index in [2.05, 4.69) is 19.9 Å². The minimum Gasteiger partial charge on any atom is -0.443 e. The van der Waals surface area contributed by atoms with Crippen LogP contribution < -0.4 is 4.74 Å². The second-order valence-electron chi connectivity index (χ2n) is 9.54. The molecule has 15 heteroatoms. The topological polar surface area (TPSA) is 125 Å². The fourth-order valence-corrected chi connectivity index (χ4v) is 5.22. The van der Waals surface area contributed by atoms with Gasteiger partial charge in [0, 0.05) is 32.1 Å². The Kier molecular flexibility index (Phi) is 7.84. The Bertz CT molecular complexity index is 1470. The van der Waals surface area contributed by atoms with Crippen molar-refractivity contribution in [3.8, 4) is 5.75 Å². The van der Waals surface area contributed by atoms with Crippen molar-refractivity contribution in [3.05, 3.63) is 48.4 Å². The van der Waals surface area contributed by atoms with Crippen molar-refractivity contribution in [2.75, 3.05) is 13.1 Å². The molecule has 0 spiro atoms. The van der Waals surface area contributed by atoms with Crippen LogP contribution in [0.2, 0.25) is 0 Å². The first kappa shape index (κ1) is 28.3. The third-order valence-corrected chi connectivity index (χ3v) is 7.36. The normalized spacial score (nSPS) is 15.3. The zero-order valence-electron chi connectivity index (χ0n) is 21.3. The van der Waals surface area contributed by atoms with Gasteiger partial charge < -0.3 is 14.3 Å². The van der Waals surface area contributed by atoms with Gasteiger partial charge >= 0.3 is 12.5 Å². The summed E-state index contributed by atoms with van der Waals surface area (Å²) < 4.78 is 74.6. The second-order valence-corrected chi connectivity index (χ2v) is 11.5. The average molecular weight is 570 g/mol. The Morgan fingerprint density at radius 3 is 2.36 bits per heavy atom. The lowest BCUT2D eigenvalue weighted by Gasteiger charge is -2.26. The smallest absolute Gasteiger partial charge is 0.443 e. The molecule has 1 aliphatic heterocycles. The van der Waals surface area contributed by atoms with Gasteiger partial charge in [0.1, 0.15) is 16.9 Å². The number of piperidine rings is 1. The lowest BCUT2D eigenvalue weighted by Crippen LogP contribution is -2.38. The lowest BCUT2D eigenvalue weighted by molar-refractivity contribution is -0.274. The molecule has 11 nitrogen and oxygen atoms in total. The van der Waals surface area contributed by atoms with E-state index < -0.39 is 33.8 Å². The van der Waals surface area contributed by atoms with E-state index in [0.29, 0.717) is 16.9 Å². The molecule has 0 aliphatic carbocycles. The number of carbonyl (C=O) groups excluding carboxylic acids is 1. The maximum atomic E-state index is 12.9. The molecule has 1 saturated heterocycles. The van der Waals surface area contributed by atoms with Crippen LogP contribution in [-0.2, 0) is 26.2 Å². The van der Waals surface area contributed by atoms with E-state index in [9.17, 15) is 26.4 Å². The van der Waals surface area contributed by atoms with Crippen molar-refractivity contribution < 1.29 is 40.7 Å². The number of sulfonamides is 1. The van der Waals surface area contributed by atoms with Gasteiger partial charge in [-0.25, -0.2) is 27.7 Å². The zero-order chi connectivity index (χ0) is 28.4. The summed E-state index contributed by atoms with van der Waals surface area (Å²) in [5.41, 5.74) is 0.655. The fourth-order valence-electron chi connectivity index (χ4n) is 3.78. The van der Waals surface area contributed by atoms with Gasteiger partial charge in [0.15, 0.2) is 18.1 Å². The predicted octanol–water partition coefficient (Wildman–Crippen LogP) is 4.47. The first-order valence-electron chi connectivity index (χ1n) is 11.8. The first-order chi connectivity index (χ1) is 18.2. The zero-order valence-corrected chi connectivity index (χ0v) is 22.1. The molecule has 39 heavy (non-hydrogen) atoms.